The standard InChI is InChI=1S/C25H32N4O3S/c1-5-28(6-2)13-14-29(25(33)26-20-8-11-21(31-3)12-9-20)17-19-15-18-7-10-22(32-4)16-23(18)27-24(19)30/h7-12,15-16H,5-6,13-14,17H2,1-4H3,(H,26,33)(H,27,30). The molecule has 0 aliphatic heterocycles. The summed E-state index contributed by atoms with van der Waals surface area (Å²) in [4.78, 5) is 20.2. The number of aromatic nitrogens is 1. The van der Waals surface area contributed by atoms with Crippen molar-refractivity contribution < 1.29 is 9.47 Å². The third-order valence-electron chi connectivity index (χ3n) is 5.70. The van der Waals surface area contributed by atoms with E-state index in [2.05, 4.69) is 29.0 Å². The van der Waals surface area contributed by atoms with Gasteiger partial charge in [-0.1, -0.05) is 13.8 Å². The van der Waals surface area contributed by atoms with E-state index in [9.17, 15) is 4.79 Å². The fourth-order valence-electron chi connectivity index (χ4n) is 3.61. The van der Waals surface area contributed by atoms with E-state index in [4.69, 9.17) is 21.7 Å². The molecule has 3 rings (SSSR count). The van der Waals surface area contributed by atoms with Crippen LogP contribution in [-0.4, -0.2) is 60.3 Å². The highest BCUT2D eigenvalue weighted by molar-refractivity contribution is 7.80. The van der Waals surface area contributed by atoms with Crippen LogP contribution in [0.15, 0.2) is 53.3 Å². The number of benzene rings is 2. The summed E-state index contributed by atoms with van der Waals surface area (Å²) in [5, 5.41) is 4.82. The topological polar surface area (TPSA) is 69.8 Å². The van der Waals surface area contributed by atoms with E-state index in [0.717, 1.165) is 42.0 Å². The van der Waals surface area contributed by atoms with Gasteiger partial charge in [-0.15, -0.1) is 0 Å². The molecule has 0 spiro atoms. The van der Waals surface area contributed by atoms with Gasteiger partial charge in [0.25, 0.3) is 5.56 Å². The summed E-state index contributed by atoms with van der Waals surface area (Å²) in [6.07, 6.45) is 0. The fraction of sp³-hybridized carbons (Fsp3) is 0.360. The number of methoxy groups -OCH3 is 2. The number of thiocarbonyl (C=S) groups is 1. The van der Waals surface area contributed by atoms with Crippen molar-refractivity contribution in [1.82, 2.24) is 14.8 Å². The Bertz CT molecular complexity index is 1130. The zero-order valence-electron chi connectivity index (χ0n) is 19.7. The van der Waals surface area contributed by atoms with Crippen molar-refractivity contribution in [1.29, 1.82) is 0 Å². The van der Waals surface area contributed by atoms with E-state index < -0.39 is 0 Å². The molecule has 0 aliphatic carbocycles. The molecule has 0 atom stereocenters. The molecule has 2 N–H and O–H groups in total. The molecule has 0 saturated heterocycles. The van der Waals surface area contributed by atoms with Gasteiger partial charge in [-0.2, -0.15) is 0 Å². The third kappa shape index (κ3) is 6.46. The normalized spacial score (nSPS) is 10.9. The molecule has 7 nitrogen and oxygen atoms in total. The number of nitrogens with zero attached hydrogens (tertiary/aromatic N) is 2. The summed E-state index contributed by atoms with van der Waals surface area (Å²) in [7, 11) is 3.25. The molecule has 0 fully saturated rings. The van der Waals surface area contributed by atoms with Crippen LogP contribution in [0.1, 0.15) is 19.4 Å². The minimum absolute atomic E-state index is 0.129. The smallest absolute Gasteiger partial charge is 0.253 e. The lowest BCUT2D eigenvalue weighted by Gasteiger charge is -2.29. The Morgan fingerprint density at radius 1 is 0.970 bits per heavy atom. The van der Waals surface area contributed by atoms with Crippen LogP contribution in [-0.2, 0) is 6.54 Å². The van der Waals surface area contributed by atoms with Crippen molar-refractivity contribution in [3.8, 4) is 11.5 Å². The Labute approximate surface area is 200 Å². The Kier molecular flexibility index (Phi) is 8.68. The molecule has 3 aromatic rings. The molecule has 33 heavy (non-hydrogen) atoms. The fourth-order valence-corrected chi connectivity index (χ4v) is 3.88. The summed E-state index contributed by atoms with van der Waals surface area (Å²) < 4.78 is 10.5. The molecular weight excluding hydrogens is 436 g/mol. The van der Waals surface area contributed by atoms with Gasteiger partial charge in [-0.25, -0.2) is 0 Å². The Morgan fingerprint density at radius 2 is 1.64 bits per heavy atom. The first-order valence-electron chi connectivity index (χ1n) is 11.1. The summed E-state index contributed by atoms with van der Waals surface area (Å²) >= 11 is 5.75. The molecule has 176 valence electrons. The number of H-pyrrole nitrogens is 1. The van der Waals surface area contributed by atoms with Crippen LogP contribution in [0.4, 0.5) is 5.69 Å². The van der Waals surface area contributed by atoms with Crippen LogP contribution in [0.25, 0.3) is 10.9 Å². The van der Waals surface area contributed by atoms with Gasteiger partial charge in [0.05, 0.1) is 26.3 Å². The van der Waals surface area contributed by atoms with Gasteiger partial charge >= 0.3 is 0 Å². The molecular formula is C25H32N4O3S. The molecule has 8 heteroatoms. The maximum absolute atomic E-state index is 12.9. The molecule has 0 bridgehead atoms. The van der Waals surface area contributed by atoms with Crippen LogP contribution in [0.5, 0.6) is 11.5 Å². The average Bonchev–Trinajstić information content (AvgIpc) is 2.84. The molecule has 0 aliphatic rings. The second-order valence-corrected chi connectivity index (χ2v) is 8.07. The number of fused-ring (bicyclic) bond motifs is 1. The predicted octanol–water partition coefficient (Wildman–Crippen LogP) is 4.09. The lowest BCUT2D eigenvalue weighted by molar-refractivity contribution is 0.266. The summed E-state index contributed by atoms with van der Waals surface area (Å²) in [6, 6.07) is 15.2. The SMILES string of the molecule is CCN(CC)CCN(Cc1cc2ccc(OC)cc2[nH]c1=O)C(=S)Nc1ccc(OC)cc1. The van der Waals surface area contributed by atoms with Gasteiger partial charge < -0.3 is 29.6 Å². The van der Waals surface area contributed by atoms with Gasteiger partial charge in [-0.05, 0) is 73.2 Å². The van der Waals surface area contributed by atoms with E-state index in [1.165, 1.54) is 0 Å². The number of anilines is 1. The lowest BCUT2D eigenvalue weighted by atomic mass is 10.1. The summed E-state index contributed by atoms with van der Waals surface area (Å²) in [5.41, 5.74) is 2.15. The molecule has 0 saturated carbocycles. The Morgan fingerprint density at radius 3 is 2.27 bits per heavy atom. The zero-order valence-corrected chi connectivity index (χ0v) is 20.5. The maximum Gasteiger partial charge on any atom is 0.253 e. The van der Waals surface area contributed by atoms with Gasteiger partial charge in [0.2, 0.25) is 0 Å². The quantitative estimate of drug-likeness (QED) is 0.435. The number of pyridine rings is 1. The number of likely N-dealkylation sites (N-methyl/N-ethyl adjacent to an activating group) is 1. The van der Waals surface area contributed by atoms with Crippen LogP contribution < -0.4 is 20.3 Å². The molecule has 0 amide bonds. The van der Waals surface area contributed by atoms with Crippen LogP contribution in [0.2, 0.25) is 0 Å². The van der Waals surface area contributed by atoms with Crippen molar-refractivity contribution in [2.24, 2.45) is 0 Å². The first-order valence-corrected chi connectivity index (χ1v) is 11.5. The molecule has 0 unspecified atom stereocenters. The first kappa shape index (κ1) is 24.5. The second-order valence-electron chi connectivity index (χ2n) is 7.68. The van der Waals surface area contributed by atoms with E-state index in [1.807, 2.05) is 53.4 Å². The van der Waals surface area contributed by atoms with Gasteiger partial charge in [0.15, 0.2) is 5.11 Å². The van der Waals surface area contributed by atoms with Crippen LogP contribution in [0, 0.1) is 0 Å². The van der Waals surface area contributed by atoms with Crippen molar-refractivity contribution >= 4 is 33.9 Å². The predicted molar refractivity (Wildman–Crippen MR) is 139 cm³/mol. The summed E-state index contributed by atoms with van der Waals surface area (Å²) in [5.74, 6) is 1.49. The summed E-state index contributed by atoms with van der Waals surface area (Å²) in [6.45, 7) is 8.15. The van der Waals surface area contributed by atoms with E-state index in [-0.39, 0.29) is 5.56 Å². The monoisotopic (exact) mass is 468 g/mol. The van der Waals surface area contributed by atoms with Gasteiger partial charge in [0.1, 0.15) is 11.5 Å². The minimum atomic E-state index is -0.129. The van der Waals surface area contributed by atoms with Crippen LogP contribution in [0.3, 0.4) is 0 Å². The maximum atomic E-state index is 12.9. The Balaban J connectivity index is 1.84. The van der Waals surface area contributed by atoms with Crippen LogP contribution >= 0.6 is 12.2 Å². The number of nitrogens with one attached hydrogen (secondary N) is 2. The number of aromatic amines is 1. The number of ether oxygens (including phenoxy) is 2. The molecule has 2 aromatic carbocycles. The van der Waals surface area contributed by atoms with Crippen molar-refractivity contribution in [3.05, 3.63) is 64.4 Å². The molecule has 1 aromatic heterocycles. The first-order chi connectivity index (χ1) is 16.0. The van der Waals surface area contributed by atoms with E-state index in [0.29, 0.717) is 29.5 Å². The number of hydrogen-bond acceptors (Lipinski definition) is 5. The van der Waals surface area contributed by atoms with E-state index >= 15 is 0 Å². The molecule has 1 heterocycles. The van der Waals surface area contributed by atoms with Crippen molar-refractivity contribution in [2.45, 2.75) is 20.4 Å². The van der Waals surface area contributed by atoms with Crippen molar-refractivity contribution in [2.75, 3.05) is 45.7 Å². The number of hydrogen-bond donors (Lipinski definition) is 2. The number of rotatable bonds is 10. The highest BCUT2D eigenvalue weighted by Gasteiger charge is 2.15. The van der Waals surface area contributed by atoms with E-state index in [1.54, 1.807) is 14.2 Å². The second kappa shape index (κ2) is 11.7. The largest absolute Gasteiger partial charge is 0.497 e. The molecule has 0 radical (unpaired) electrons. The van der Waals surface area contributed by atoms with Gasteiger partial charge in [0, 0.05) is 30.4 Å². The lowest BCUT2D eigenvalue weighted by Crippen LogP contribution is -2.41. The zero-order chi connectivity index (χ0) is 23.8. The minimum Gasteiger partial charge on any atom is -0.497 e. The third-order valence-corrected chi connectivity index (χ3v) is 6.06. The average molecular weight is 469 g/mol. The Hall–Kier alpha value is -3.10. The highest BCUT2D eigenvalue weighted by atomic mass is 32.1. The van der Waals surface area contributed by atoms with Gasteiger partial charge in [-0.3, -0.25) is 4.79 Å². The highest BCUT2D eigenvalue weighted by Crippen LogP contribution is 2.20. The van der Waals surface area contributed by atoms with Crippen molar-refractivity contribution in [3.63, 3.8) is 0 Å².